The van der Waals surface area contributed by atoms with Crippen molar-refractivity contribution in [1.82, 2.24) is 9.21 Å². The molecule has 0 bridgehead atoms. The van der Waals surface area contributed by atoms with Crippen LogP contribution in [-0.2, 0) is 10.0 Å². The molecule has 0 saturated carbocycles. The van der Waals surface area contributed by atoms with Crippen LogP contribution in [0.15, 0.2) is 17.0 Å². The van der Waals surface area contributed by atoms with Gasteiger partial charge in [0.25, 0.3) is 0 Å². The fraction of sp³-hybridized carbons (Fsp3) is 0.571. The van der Waals surface area contributed by atoms with Crippen molar-refractivity contribution in [2.45, 2.75) is 31.7 Å². The number of sulfonamides is 1. The lowest BCUT2D eigenvalue weighted by atomic mass is 10.2. The highest BCUT2D eigenvalue weighted by Gasteiger charge is 2.29. The van der Waals surface area contributed by atoms with Crippen LogP contribution >= 0.6 is 0 Å². The molecule has 1 rings (SSSR count). The monoisotopic (exact) mass is 317 g/mol. The number of halogens is 1. The molecule has 0 aliphatic rings. The molecule has 0 spiro atoms. The van der Waals surface area contributed by atoms with Crippen LogP contribution in [0.4, 0.5) is 10.1 Å². The third kappa shape index (κ3) is 3.93. The zero-order chi connectivity index (χ0) is 16.4. The van der Waals surface area contributed by atoms with Gasteiger partial charge in [-0.1, -0.05) is 6.92 Å². The normalized spacial score (nSPS) is 13.9. The SMILES string of the molecule is CCN(C(C)CN(C)C)S(=O)(=O)c1cc(N)c(F)cc1C. The molecular weight excluding hydrogens is 293 g/mol. The summed E-state index contributed by atoms with van der Waals surface area (Å²) in [6, 6.07) is 2.17. The lowest BCUT2D eigenvalue weighted by Gasteiger charge is -2.29. The van der Waals surface area contributed by atoms with Crippen LogP contribution in [0.5, 0.6) is 0 Å². The fourth-order valence-electron chi connectivity index (χ4n) is 2.41. The van der Waals surface area contributed by atoms with Crippen LogP contribution in [0.25, 0.3) is 0 Å². The summed E-state index contributed by atoms with van der Waals surface area (Å²) >= 11 is 0. The van der Waals surface area contributed by atoms with Crippen molar-refractivity contribution in [3.05, 3.63) is 23.5 Å². The highest BCUT2D eigenvalue weighted by molar-refractivity contribution is 7.89. The van der Waals surface area contributed by atoms with Gasteiger partial charge in [-0.15, -0.1) is 0 Å². The number of nitrogen functional groups attached to an aromatic ring is 1. The van der Waals surface area contributed by atoms with E-state index in [0.29, 0.717) is 18.7 Å². The van der Waals surface area contributed by atoms with Crippen molar-refractivity contribution >= 4 is 15.7 Å². The zero-order valence-electron chi connectivity index (χ0n) is 13.2. The Morgan fingerprint density at radius 2 is 1.90 bits per heavy atom. The van der Waals surface area contributed by atoms with Crippen LogP contribution in [0.3, 0.4) is 0 Å². The van der Waals surface area contributed by atoms with E-state index < -0.39 is 15.8 Å². The Morgan fingerprint density at radius 1 is 1.33 bits per heavy atom. The highest BCUT2D eigenvalue weighted by atomic mass is 32.2. The zero-order valence-corrected chi connectivity index (χ0v) is 14.0. The number of hydrogen-bond donors (Lipinski definition) is 1. The molecule has 0 radical (unpaired) electrons. The molecule has 0 aromatic heterocycles. The van der Waals surface area contributed by atoms with E-state index in [1.165, 1.54) is 10.4 Å². The number of rotatable bonds is 6. The number of aryl methyl sites for hydroxylation is 1. The molecule has 1 atom stereocenters. The van der Waals surface area contributed by atoms with Crippen molar-refractivity contribution in [3.63, 3.8) is 0 Å². The van der Waals surface area contributed by atoms with Gasteiger partial charge >= 0.3 is 0 Å². The minimum Gasteiger partial charge on any atom is -0.396 e. The molecule has 0 heterocycles. The molecule has 1 unspecified atom stereocenters. The van der Waals surface area contributed by atoms with E-state index in [0.717, 1.165) is 6.07 Å². The standard InChI is InChI=1S/C14H24FN3O2S/c1-6-18(11(3)9-17(4)5)21(19,20)14-8-13(16)12(15)7-10(14)2/h7-8,11H,6,9,16H2,1-5H3. The van der Waals surface area contributed by atoms with E-state index in [-0.39, 0.29) is 16.6 Å². The van der Waals surface area contributed by atoms with Crippen LogP contribution in [0.1, 0.15) is 19.4 Å². The van der Waals surface area contributed by atoms with E-state index in [2.05, 4.69) is 0 Å². The molecular formula is C14H24FN3O2S. The van der Waals surface area contributed by atoms with Gasteiger partial charge in [-0.2, -0.15) is 4.31 Å². The topological polar surface area (TPSA) is 66.6 Å². The minimum absolute atomic E-state index is 0.0638. The molecule has 21 heavy (non-hydrogen) atoms. The number of anilines is 1. The molecule has 5 nitrogen and oxygen atoms in total. The van der Waals surface area contributed by atoms with Gasteiger partial charge in [0.1, 0.15) is 5.82 Å². The second-order valence-corrected chi connectivity index (χ2v) is 7.32. The maximum Gasteiger partial charge on any atom is 0.243 e. The maximum atomic E-state index is 13.4. The number of benzene rings is 1. The number of nitrogens with zero attached hydrogens (tertiary/aromatic N) is 2. The van der Waals surface area contributed by atoms with E-state index in [9.17, 15) is 12.8 Å². The Hall–Kier alpha value is -1.18. The minimum atomic E-state index is -3.71. The highest BCUT2D eigenvalue weighted by Crippen LogP contribution is 2.25. The smallest absolute Gasteiger partial charge is 0.243 e. The Balaban J connectivity index is 3.28. The summed E-state index contributed by atoms with van der Waals surface area (Å²) in [7, 11) is 0.0681. The lowest BCUT2D eigenvalue weighted by molar-refractivity contribution is 0.271. The van der Waals surface area contributed by atoms with Crippen molar-refractivity contribution in [2.24, 2.45) is 0 Å². The Bertz CT molecular complexity index is 602. The quantitative estimate of drug-likeness (QED) is 0.811. The van der Waals surface area contributed by atoms with Gasteiger partial charge in [-0.05, 0) is 45.6 Å². The summed E-state index contributed by atoms with van der Waals surface area (Å²) in [4.78, 5) is 1.99. The maximum absolute atomic E-state index is 13.4. The van der Waals surface area contributed by atoms with Gasteiger partial charge in [-0.25, -0.2) is 12.8 Å². The Labute approximate surface area is 126 Å². The van der Waals surface area contributed by atoms with Gasteiger partial charge < -0.3 is 10.6 Å². The molecule has 1 aromatic rings. The molecule has 0 amide bonds. The predicted molar refractivity (Wildman–Crippen MR) is 83.1 cm³/mol. The van der Waals surface area contributed by atoms with Crippen LogP contribution in [-0.4, -0.2) is 50.8 Å². The van der Waals surface area contributed by atoms with Crippen molar-refractivity contribution in [3.8, 4) is 0 Å². The molecule has 7 heteroatoms. The third-order valence-electron chi connectivity index (χ3n) is 3.31. The summed E-state index contributed by atoms with van der Waals surface area (Å²) in [5.41, 5.74) is 5.72. The number of hydrogen-bond acceptors (Lipinski definition) is 4. The summed E-state index contributed by atoms with van der Waals surface area (Å²) < 4.78 is 40.4. The average Bonchev–Trinajstić information content (AvgIpc) is 2.33. The van der Waals surface area contributed by atoms with Gasteiger partial charge in [0, 0.05) is 19.1 Å². The van der Waals surface area contributed by atoms with Gasteiger partial charge in [0.2, 0.25) is 10.0 Å². The van der Waals surface area contributed by atoms with E-state index in [1.54, 1.807) is 13.8 Å². The van der Waals surface area contributed by atoms with Gasteiger partial charge in [-0.3, -0.25) is 0 Å². The molecule has 1 aromatic carbocycles. The van der Waals surface area contributed by atoms with Crippen molar-refractivity contribution < 1.29 is 12.8 Å². The fourth-order valence-corrected chi connectivity index (χ4v) is 4.29. The van der Waals surface area contributed by atoms with E-state index >= 15 is 0 Å². The second-order valence-electron chi connectivity index (χ2n) is 5.46. The summed E-state index contributed by atoms with van der Waals surface area (Å²) in [5, 5.41) is 0. The first-order valence-electron chi connectivity index (χ1n) is 6.83. The first kappa shape index (κ1) is 17.9. The van der Waals surface area contributed by atoms with Gasteiger partial charge in [0.05, 0.1) is 10.6 Å². The predicted octanol–water partition coefficient (Wildman–Crippen LogP) is 1.68. The molecule has 120 valence electrons. The summed E-state index contributed by atoms with van der Waals surface area (Å²) in [5.74, 6) is -0.601. The summed E-state index contributed by atoms with van der Waals surface area (Å²) in [6.07, 6.45) is 0. The molecule has 0 aliphatic carbocycles. The third-order valence-corrected chi connectivity index (χ3v) is 5.54. The molecule has 2 N–H and O–H groups in total. The number of likely N-dealkylation sites (N-methyl/N-ethyl adjacent to an activating group) is 2. The van der Waals surface area contributed by atoms with Crippen LogP contribution in [0.2, 0.25) is 0 Å². The lowest BCUT2D eigenvalue weighted by Crippen LogP contribution is -2.43. The summed E-state index contributed by atoms with van der Waals surface area (Å²) in [6.45, 7) is 6.14. The van der Waals surface area contributed by atoms with Crippen LogP contribution < -0.4 is 5.73 Å². The number of nitrogens with two attached hydrogens (primary N) is 1. The van der Waals surface area contributed by atoms with E-state index in [4.69, 9.17) is 5.73 Å². The molecule has 0 saturated heterocycles. The second kappa shape index (κ2) is 6.72. The molecule has 0 aliphatic heterocycles. The van der Waals surface area contributed by atoms with Crippen molar-refractivity contribution in [1.29, 1.82) is 0 Å². The van der Waals surface area contributed by atoms with Gasteiger partial charge in [0.15, 0.2) is 0 Å². The first-order chi connectivity index (χ1) is 9.61. The Kier molecular flexibility index (Phi) is 5.72. The van der Waals surface area contributed by atoms with Crippen molar-refractivity contribution in [2.75, 3.05) is 32.9 Å². The van der Waals surface area contributed by atoms with E-state index in [1.807, 2.05) is 25.9 Å². The van der Waals surface area contributed by atoms with Crippen LogP contribution in [0, 0.1) is 12.7 Å². The largest absolute Gasteiger partial charge is 0.396 e. The Morgan fingerprint density at radius 3 is 2.38 bits per heavy atom. The molecule has 0 fully saturated rings. The average molecular weight is 317 g/mol. The first-order valence-corrected chi connectivity index (χ1v) is 8.27.